The van der Waals surface area contributed by atoms with Crippen molar-refractivity contribution < 1.29 is 4.84 Å². The molecule has 0 saturated carbocycles. The maximum absolute atomic E-state index is 5.30. The third-order valence-electron chi connectivity index (χ3n) is 2.40. The van der Waals surface area contributed by atoms with Crippen LogP contribution in [0.2, 0.25) is 0 Å². The Bertz CT molecular complexity index is 502. The summed E-state index contributed by atoms with van der Waals surface area (Å²) in [5.41, 5.74) is 2.91. The molecule has 1 aromatic carbocycles. The van der Waals surface area contributed by atoms with Crippen LogP contribution in [0.5, 0.6) is 0 Å². The highest BCUT2D eigenvalue weighted by Crippen LogP contribution is 2.03. The Kier molecular flexibility index (Phi) is 3.55. The second kappa shape index (κ2) is 5.30. The van der Waals surface area contributed by atoms with E-state index in [9.17, 15) is 0 Å². The van der Waals surface area contributed by atoms with Gasteiger partial charge in [0.15, 0.2) is 0 Å². The molecule has 0 aliphatic heterocycles. The zero-order chi connectivity index (χ0) is 12.1. The standard InChI is InChI=1S/C13H15N3O/c1-11(13-8-14-16(2)9-13)15-17-10-12-6-4-3-5-7-12/h3-9H,10H2,1-2H3/b15-11+. The molecule has 0 atom stereocenters. The monoisotopic (exact) mass is 229 g/mol. The van der Waals surface area contributed by atoms with E-state index in [0.717, 1.165) is 16.8 Å². The van der Waals surface area contributed by atoms with Crippen molar-refractivity contribution in [2.45, 2.75) is 13.5 Å². The van der Waals surface area contributed by atoms with Gasteiger partial charge in [-0.15, -0.1) is 0 Å². The molecule has 0 unspecified atom stereocenters. The van der Waals surface area contributed by atoms with Crippen LogP contribution < -0.4 is 0 Å². The summed E-state index contributed by atoms with van der Waals surface area (Å²) in [6.07, 6.45) is 3.68. The third-order valence-corrected chi connectivity index (χ3v) is 2.40. The molecule has 2 rings (SSSR count). The minimum absolute atomic E-state index is 0.485. The van der Waals surface area contributed by atoms with Gasteiger partial charge in [0.1, 0.15) is 6.61 Å². The van der Waals surface area contributed by atoms with Crippen LogP contribution in [0.15, 0.2) is 47.9 Å². The second-order valence-corrected chi connectivity index (χ2v) is 3.84. The number of rotatable bonds is 4. The molecule has 88 valence electrons. The minimum atomic E-state index is 0.485. The van der Waals surface area contributed by atoms with Crippen molar-refractivity contribution >= 4 is 5.71 Å². The Morgan fingerprint density at radius 1 is 1.35 bits per heavy atom. The van der Waals surface area contributed by atoms with Gasteiger partial charge < -0.3 is 4.84 Å². The lowest BCUT2D eigenvalue weighted by Crippen LogP contribution is -1.95. The highest BCUT2D eigenvalue weighted by molar-refractivity contribution is 5.97. The summed E-state index contributed by atoms with van der Waals surface area (Å²) in [6.45, 7) is 2.39. The molecule has 2 aromatic rings. The van der Waals surface area contributed by atoms with Crippen molar-refractivity contribution in [3.8, 4) is 0 Å². The van der Waals surface area contributed by atoms with E-state index in [-0.39, 0.29) is 0 Å². The average molecular weight is 229 g/mol. The maximum atomic E-state index is 5.30. The van der Waals surface area contributed by atoms with Gasteiger partial charge in [-0.2, -0.15) is 5.10 Å². The van der Waals surface area contributed by atoms with E-state index in [2.05, 4.69) is 10.3 Å². The van der Waals surface area contributed by atoms with Gasteiger partial charge in [-0.1, -0.05) is 35.5 Å². The molecule has 0 radical (unpaired) electrons. The largest absolute Gasteiger partial charge is 0.391 e. The fourth-order valence-electron chi connectivity index (χ4n) is 1.44. The molecule has 4 nitrogen and oxygen atoms in total. The van der Waals surface area contributed by atoms with E-state index in [4.69, 9.17) is 4.84 Å². The van der Waals surface area contributed by atoms with E-state index >= 15 is 0 Å². The summed E-state index contributed by atoms with van der Waals surface area (Å²) in [4.78, 5) is 5.30. The Labute approximate surface area is 101 Å². The lowest BCUT2D eigenvalue weighted by molar-refractivity contribution is 0.130. The first-order chi connectivity index (χ1) is 8.25. The summed E-state index contributed by atoms with van der Waals surface area (Å²) < 4.78 is 1.74. The number of hydrogen-bond donors (Lipinski definition) is 0. The fourth-order valence-corrected chi connectivity index (χ4v) is 1.44. The minimum Gasteiger partial charge on any atom is -0.391 e. The molecule has 0 bridgehead atoms. The Hall–Kier alpha value is -2.10. The number of oxime groups is 1. The number of aryl methyl sites for hydroxylation is 1. The van der Waals surface area contributed by atoms with Crippen molar-refractivity contribution in [3.05, 3.63) is 53.9 Å². The highest BCUT2D eigenvalue weighted by atomic mass is 16.6. The summed E-state index contributed by atoms with van der Waals surface area (Å²) >= 11 is 0. The van der Waals surface area contributed by atoms with Gasteiger partial charge in [0.05, 0.1) is 11.9 Å². The zero-order valence-electron chi connectivity index (χ0n) is 10.00. The van der Waals surface area contributed by atoms with E-state index in [1.165, 1.54) is 0 Å². The van der Waals surface area contributed by atoms with Crippen LogP contribution in [-0.4, -0.2) is 15.5 Å². The van der Waals surface area contributed by atoms with Crippen molar-refractivity contribution in [2.24, 2.45) is 12.2 Å². The van der Waals surface area contributed by atoms with Crippen LogP contribution in [0.1, 0.15) is 18.1 Å². The van der Waals surface area contributed by atoms with Crippen LogP contribution >= 0.6 is 0 Å². The van der Waals surface area contributed by atoms with E-state index in [1.807, 2.05) is 50.5 Å². The van der Waals surface area contributed by atoms with Gasteiger partial charge in [0, 0.05) is 18.8 Å². The third kappa shape index (κ3) is 3.17. The van der Waals surface area contributed by atoms with Gasteiger partial charge in [-0.3, -0.25) is 4.68 Å². The van der Waals surface area contributed by atoms with Gasteiger partial charge in [0.2, 0.25) is 0 Å². The number of nitrogens with zero attached hydrogens (tertiary/aromatic N) is 3. The van der Waals surface area contributed by atoms with Gasteiger partial charge in [-0.25, -0.2) is 0 Å². The molecule has 1 aromatic heterocycles. The summed E-state index contributed by atoms with van der Waals surface area (Å²) in [7, 11) is 1.88. The van der Waals surface area contributed by atoms with E-state index in [0.29, 0.717) is 6.61 Å². The van der Waals surface area contributed by atoms with Crippen LogP contribution in [0.4, 0.5) is 0 Å². The van der Waals surface area contributed by atoms with Crippen molar-refractivity contribution in [2.75, 3.05) is 0 Å². The second-order valence-electron chi connectivity index (χ2n) is 3.84. The van der Waals surface area contributed by atoms with Gasteiger partial charge in [0.25, 0.3) is 0 Å². The van der Waals surface area contributed by atoms with Crippen molar-refractivity contribution in [3.63, 3.8) is 0 Å². The SMILES string of the molecule is C/C(=N\OCc1ccccc1)c1cnn(C)c1. The predicted octanol–water partition coefficient (Wildman–Crippen LogP) is 2.36. The van der Waals surface area contributed by atoms with Gasteiger partial charge >= 0.3 is 0 Å². The molecule has 4 heteroatoms. The fraction of sp³-hybridized carbons (Fsp3) is 0.231. The zero-order valence-corrected chi connectivity index (χ0v) is 10.00. The number of benzene rings is 1. The normalized spacial score (nSPS) is 11.5. The van der Waals surface area contributed by atoms with E-state index < -0.39 is 0 Å². The van der Waals surface area contributed by atoms with Crippen LogP contribution in [-0.2, 0) is 18.5 Å². The maximum Gasteiger partial charge on any atom is 0.142 e. The quantitative estimate of drug-likeness (QED) is 0.596. The smallest absolute Gasteiger partial charge is 0.142 e. The molecular weight excluding hydrogens is 214 g/mol. The van der Waals surface area contributed by atoms with Crippen LogP contribution in [0.25, 0.3) is 0 Å². The Morgan fingerprint density at radius 2 is 2.12 bits per heavy atom. The Balaban J connectivity index is 1.93. The summed E-state index contributed by atoms with van der Waals surface area (Å²) in [5.74, 6) is 0. The molecular formula is C13H15N3O. The summed E-state index contributed by atoms with van der Waals surface area (Å²) in [6, 6.07) is 9.96. The first kappa shape index (κ1) is 11.4. The lowest BCUT2D eigenvalue weighted by Gasteiger charge is -2.00. The summed E-state index contributed by atoms with van der Waals surface area (Å²) in [5, 5.41) is 8.15. The van der Waals surface area contributed by atoms with Gasteiger partial charge in [-0.05, 0) is 12.5 Å². The molecule has 0 aliphatic carbocycles. The lowest BCUT2D eigenvalue weighted by atomic mass is 10.2. The average Bonchev–Trinajstić information content (AvgIpc) is 2.77. The first-order valence-electron chi connectivity index (χ1n) is 5.45. The van der Waals surface area contributed by atoms with Crippen LogP contribution in [0, 0.1) is 0 Å². The molecule has 0 spiro atoms. The topological polar surface area (TPSA) is 39.4 Å². The van der Waals surface area contributed by atoms with Crippen LogP contribution in [0.3, 0.4) is 0 Å². The molecule has 0 N–H and O–H groups in total. The molecule has 1 heterocycles. The molecule has 17 heavy (non-hydrogen) atoms. The highest BCUT2D eigenvalue weighted by Gasteiger charge is 2.00. The molecule has 0 fully saturated rings. The van der Waals surface area contributed by atoms with E-state index in [1.54, 1.807) is 10.9 Å². The molecule has 0 saturated heterocycles. The number of aromatic nitrogens is 2. The molecule has 0 amide bonds. The van der Waals surface area contributed by atoms with Crippen molar-refractivity contribution in [1.29, 1.82) is 0 Å². The van der Waals surface area contributed by atoms with Crippen molar-refractivity contribution in [1.82, 2.24) is 9.78 Å². The molecule has 0 aliphatic rings. The number of hydrogen-bond acceptors (Lipinski definition) is 3. The first-order valence-corrected chi connectivity index (χ1v) is 5.45. The Morgan fingerprint density at radius 3 is 2.76 bits per heavy atom. The predicted molar refractivity (Wildman–Crippen MR) is 66.7 cm³/mol.